The Morgan fingerprint density at radius 1 is 1.22 bits per heavy atom. The zero-order valence-corrected chi connectivity index (χ0v) is 11.6. The minimum atomic E-state index is 0.469. The van der Waals surface area contributed by atoms with Gasteiger partial charge in [-0.15, -0.1) is 0 Å². The third kappa shape index (κ3) is 2.91. The highest BCUT2D eigenvalue weighted by Gasteiger charge is 2.07. The second-order valence-electron chi connectivity index (χ2n) is 3.98. The quantitative estimate of drug-likeness (QED) is 0.851. The van der Waals surface area contributed by atoms with E-state index < -0.39 is 0 Å². The molecule has 0 N–H and O–H groups in total. The molecule has 3 heteroatoms. The largest absolute Gasteiger partial charge is 0.488 e. The zero-order valence-electron chi connectivity index (χ0n) is 9.98. The molecule has 0 amide bonds. The number of rotatable bonds is 3. The number of nitrogens with zero attached hydrogens (tertiary/aromatic N) is 1. The van der Waals surface area contributed by atoms with Gasteiger partial charge in [-0.2, -0.15) is 5.26 Å². The summed E-state index contributed by atoms with van der Waals surface area (Å²) >= 11 is 3.41. The van der Waals surface area contributed by atoms with Crippen LogP contribution in [0.25, 0.3) is 0 Å². The van der Waals surface area contributed by atoms with E-state index in [4.69, 9.17) is 10.00 Å². The topological polar surface area (TPSA) is 33.0 Å². The highest BCUT2D eigenvalue weighted by Crippen LogP contribution is 2.27. The van der Waals surface area contributed by atoms with Gasteiger partial charge in [0.1, 0.15) is 18.4 Å². The molecule has 90 valence electrons. The van der Waals surface area contributed by atoms with Gasteiger partial charge in [0, 0.05) is 4.47 Å². The van der Waals surface area contributed by atoms with Crippen molar-refractivity contribution in [3.63, 3.8) is 0 Å². The maximum Gasteiger partial charge on any atom is 0.137 e. The molecule has 0 aliphatic rings. The monoisotopic (exact) mass is 301 g/mol. The molecule has 0 unspecified atom stereocenters. The smallest absolute Gasteiger partial charge is 0.137 e. The molecule has 0 fully saturated rings. The van der Waals surface area contributed by atoms with Crippen LogP contribution < -0.4 is 4.74 Å². The normalized spacial score (nSPS) is 9.83. The average Bonchev–Trinajstić information content (AvgIpc) is 2.41. The summed E-state index contributed by atoms with van der Waals surface area (Å²) in [7, 11) is 0. The lowest BCUT2D eigenvalue weighted by molar-refractivity contribution is 0.305. The number of hydrogen-bond donors (Lipinski definition) is 0. The van der Waals surface area contributed by atoms with Crippen LogP contribution in [0.2, 0.25) is 0 Å². The van der Waals surface area contributed by atoms with Crippen molar-refractivity contribution in [1.29, 1.82) is 5.26 Å². The number of nitriles is 1. The van der Waals surface area contributed by atoms with Gasteiger partial charge in [-0.3, -0.25) is 0 Å². The van der Waals surface area contributed by atoms with Gasteiger partial charge in [-0.25, -0.2) is 0 Å². The molecule has 0 aliphatic carbocycles. The molecule has 0 saturated carbocycles. The Morgan fingerprint density at radius 3 is 2.61 bits per heavy atom. The van der Waals surface area contributed by atoms with Crippen molar-refractivity contribution in [2.75, 3.05) is 0 Å². The summed E-state index contributed by atoms with van der Waals surface area (Å²) in [5.41, 5.74) is 2.68. The molecule has 0 aromatic heterocycles. The minimum absolute atomic E-state index is 0.469. The van der Waals surface area contributed by atoms with Crippen molar-refractivity contribution >= 4 is 15.9 Å². The summed E-state index contributed by atoms with van der Waals surface area (Å²) in [6, 6.07) is 15.7. The lowest BCUT2D eigenvalue weighted by Gasteiger charge is -2.10. The van der Waals surface area contributed by atoms with Gasteiger partial charge in [-0.05, 0) is 30.2 Å². The molecular formula is C15H12BrNO. The van der Waals surface area contributed by atoms with Gasteiger partial charge < -0.3 is 4.74 Å². The predicted molar refractivity (Wildman–Crippen MR) is 74.4 cm³/mol. The SMILES string of the molecule is Cc1cc(OCc2ccccc2)c(C#N)cc1Br. The first-order valence-corrected chi connectivity index (χ1v) is 6.37. The third-order valence-corrected chi connectivity index (χ3v) is 3.47. The molecule has 18 heavy (non-hydrogen) atoms. The average molecular weight is 302 g/mol. The van der Waals surface area contributed by atoms with Crippen molar-refractivity contribution in [3.8, 4) is 11.8 Å². The maximum absolute atomic E-state index is 9.08. The molecule has 2 nitrogen and oxygen atoms in total. The van der Waals surface area contributed by atoms with Gasteiger partial charge in [0.2, 0.25) is 0 Å². The van der Waals surface area contributed by atoms with Gasteiger partial charge >= 0.3 is 0 Å². The number of aryl methyl sites for hydroxylation is 1. The van der Waals surface area contributed by atoms with Gasteiger partial charge in [0.25, 0.3) is 0 Å². The van der Waals surface area contributed by atoms with E-state index in [0.29, 0.717) is 17.9 Å². The zero-order chi connectivity index (χ0) is 13.0. The molecular weight excluding hydrogens is 290 g/mol. The van der Waals surface area contributed by atoms with Crippen molar-refractivity contribution in [1.82, 2.24) is 0 Å². The van der Waals surface area contributed by atoms with E-state index in [1.54, 1.807) is 6.07 Å². The van der Waals surface area contributed by atoms with Crippen LogP contribution in [-0.2, 0) is 6.61 Å². The maximum atomic E-state index is 9.08. The van der Waals surface area contributed by atoms with E-state index in [9.17, 15) is 0 Å². The molecule has 0 saturated heterocycles. The van der Waals surface area contributed by atoms with E-state index in [1.807, 2.05) is 43.3 Å². The van der Waals surface area contributed by atoms with E-state index in [1.165, 1.54) is 0 Å². The lowest BCUT2D eigenvalue weighted by atomic mass is 10.1. The summed E-state index contributed by atoms with van der Waals surface area (Å²) in [5.74, 6) is 0.627. The molecule has 2 aromatic rings. The van der Waals surface area contributed by atoms with Crippen LogP contribution >= 0.6 is 15.9 Å². The molecule has 0 heterocycles. The van der Waals surface area contributed by atoms with Crippen LogP contribution in [0.1, 0.15) is 16.7 Å². The fraction of sp³-hybridized carbons (Fsp3) is 0.133. The Morgan fingerprint density at radius 2 is 1.94 bits per heavy atom. The van der Waals surface area contributed by atoms with Crippen molar-refractivity contribution < 1.29 is 4.74 Å². The van der Waals surface area contributed by atoms with Crippen LogP contribution in [0, 0.1) is 18.3 Å². The second-order valence-corrected chi connectivity index (χ2v) is 4.84. The summed E-state index contributed by atoms with van der Waals surface area (Å²) in [4.78, 5) is 0. The van der Waals surface area contributed by atoms with Gasteiger partial charge in [0.05, 0.1) is 5.56 Å². The highest BCUT2D eigenvalue weighted by molar-refractivity contribution is 9.10. The molecule has 0 bridgehead atoms. The van der Waals surface area contributed by atoms with Crippen LogP contribution in [0.3, 0.4) is 0 Å². The number of halogens is 1. The van der Waals surface area contributed by atoms with Crippen molar-refractivity contribution in [2.24, 2.45) is 0 Å². The van der Waals surface area contributed by atoms with Crippen LogP contribution in [0.5, 0.6) is 5.75 Å². The molecule has 0 aliphatic heterocycles. The molecule has 2 rings (SSSR count). The first-order valence-electron chi connectivity index (χ1n) is 5.57. The summed E-state index contributed by atoms with van der Waals surface area (Å²) in [5, 5.41) is 9.08. The minimum Gasteiger partial charge on any atom is -0.488 e. The van der Waals surface area contributed by atoms with Gasteiger partial charge in [-0.1, -0.05) is 46.3 Å². The Balaban J connectivity index is 2.19. The standard InChI is InChI=1S/C15H12BrNO/c1-11-7-15(13(9-17)8-14(11)16)18-10-12-5-3-2-4-6-12/h2-8H,10H2,1H3. The second kappa shape index (κ2) is 5.70. The molecule has 0 spiro atoms. The number of hydrogen-bond acceptors (Lipinski definition) is 2. The lowest BCUT2D eigenvalue weighted by Crippen LogP contribution is -1.97. The first kappa shape index (κ1) is 12.7. The van der Waals surface area contributed by atoms with Crippen LogP contribution in [0.15, 0.2) is 46.9 Å². The number of ether oxygens (including phenoxy) is 1. The highest BCUT2D eigenvalue weighted by atomic mass is 79.9. The van der Waals surface area contributed by atoms with E-state index >= 15 is 0 Å². The van der Waals surface area contributed by atoms with E-state index in [-0.39, 0.29) is 0 Å². The van der Waals surface area contributed by atoms with E-state index in [2.05, 4.69) is 22.0 Å². The first-order chi connectivity index (χ1) is 8.70. The summed E-state index contributed by atoms with van der Waals surface area (Å²) < 4.78 is 6.63. The van der Waals surface area contributed by atoms with Crippen LogP contribution in [0.4, 0.5) is 0 Å². The molecule has 0 atom stereocenters. The van der Waals surface area contributed by atoms with E-state index in [0.717, 1.165) is 15.6 Å². The number of benzene rings is 2. The molecule has 2 aromatic carbocycles. The fourth-order valence-electron chi connectivity index (χ4n) is 1.60. The van der Waals surface area contributed by atoms with Gasteiger partial charge in [0.15, 0.2) is 0 Å². The van der Waals surface area contributed by atoms with Crippen molar-refractivity contribution in [3.05, 3.63) is 63.6 Å². The Bertz CT molecular complexity index is 587. The summed E-state index contributed by atoms with van der Waals surface area (Å²) in [6.45, 7) is 2.44. The Hall–Kier alpha value is -1.79. The summed E-state index contributed by atoms with van der Waals surface area (Å²) in [6.07, 6.45) is 0. The third-order valence-electron chi connectivity index (χ3n) is 2.62. The van der Waals surface area contributed by atoms with Crippen LogP contribution in [-0.4, -0.2) is 0 Å². The Labute approximate surface area is 115 Å². The predicted octanol–water partition coefficient (Wildman–Crippen LogP) is 4.21. The van der Waals surface area contributed by atoms with Crippen molar-refractivity contribution in [2.45, 2.75) is 13.5 Å². The molecule has 0 radical (unpaired) electrons. The Kier molecular flexibility index (Phi) is 4.01. The fourth-order valence-corrected chi connectivity index (χ4v) is 1.94.